The van der Waals surface area contributed by atoms with E-state index < -0.39 is 0 Å². The average molecular weight is 1910 g/mol. The third-order valence-corrected chi connectivity index (χ3v) is 29.7. The lowest BCUT2D eigenvalue weighted by molar-refractivity contribution is -0.661. The van der Waals surface area contributed by atoms with Gasteiger partial charge in [0, 0.05) is 104 Å². The Morgan fingerprint density at radius 3 is 0.826 bits per heavy atom. The van der Waals surface area contributed by atoms with Gasteiger partial charge >= 0.3 is 0 Å². The van der Waals surface area contributed by atoms with Gasteiger partial charge in [-0.15, -0.1) is 0 Å². The molecule has 8 aromatic carbocycles. The van der Waals surface area contributed by atoms with E-state index in [-0.39, 0.29) is 0 Å². The summed E-state index contributed by atoms with van der Waals surface area (Å²) in [7, 11) is 10.7. The van der Waals surface area contributed by atoms with Gasteiger partial charge in [0.1, 0.15) is 63.7 Å². The van der Waals surface area contributed by atoms with Crippen molar-refractivity contribution in [1.29, 1.82) is 0 Å². The predicted octanol–water partition coefficient (Wildman–Crippen LogP) is 31.9. The summed E-state index contributed by atoms with van der Waals surface area (Å²) >= 11 is 0. The van der Waals surface area contributed by atoms with Gasteiger partial charge in [-0.05, 0) is 340 Å². The molecule has 0 amide bonds. The smallest absolute Gasteiger partial charge is 0.229 e. The first-order valence-corrected chi connectivity index (χ1v) is 51.9. The first kappa shape index (κ1) is 106. The molecule has 740 valence electrons. The van der Waals surface area contributed by atoms with Gasteiger partial charge in [-0.1, -0.05) is 233 Å². The maximum absolute atomic E-state index is 2.50. The molecule has 0 atom stereocenters. The van der Waals surface area contributed by atoms with Crippen LogP contribution in [0.5, 0.6) is 0 Å². The Balaban J connectivity index is 0.000000143. The fraction of sp³-hybridized carbons (Fsp3) is 0.306. The molecule has 10 heteroatoms. The van der Waals surface area contributed by atoms with Crippen molar-refractivity contribution in [2.45, 2.75) is 244 Å². The summed E-state index contributed by atoms with van der Waals surface area (Å²) in [5, 5.41) is 0. The summed E-state index contributed by atoms with van der Waals surface area (Å²) in [6.45, 7) is 69.1. The van der Waals surface area contributed by atoms with E-state index in [2.05, 4.69) is 576 Å². The Kier molecular flexibility index (Phi) is 32.6. The first-order chi connectivity index (χ1) is 68.4. The minimum Gasteiger partial charge on any atom is -0.311 e. The van der Waals surface area contributed by atoms with E-state index in [9.17, 15) is 0 Å². The lowest BCUT2D eigenvalue weighted by atomic mass is 9.88. The van der Waals surface area contributed by atoms with Crippen molar-refractivity contribution in [2.75, 3.05) is 0 Å². The highest BCUT2D eigenvalue weighted by Crippen LogP contribution is 2.45. The van der Waals surface area contributed by atoms with Crippen molar-refractivity contribution in [3.05, 3.63) is 425 Å². The van der Waals surface area contributed by atoms with Crippen LogP contribution in [0.2, 0.25) is 0 Å². The van der Waals surface area contributed by atoms with Crippen molar-refractivity contribution < 1.29 is 22.8 Å². The number of hydrogen-bond donors (Lipinski definition) is 0. The van der Waals surface area contributed by atoms with Crippen LogP contribution in [0.4, 0.5) is 0 Å². The van der Waals surface area contributed by atoms with Crippen molar-refractivity contribution in [3.63, 3.8) is 0 Å². The number of nitrogens with zero attached hydrogens (tertiary/aromatic N) is 10. The molecule has 0 N–H and O–H groups in total. The topological polar surface area (TPSA) is 44.0 Å². The van der Waals surface area contributed by atoms with Crippen LogP contribution in [0.3, 0.4) is 0 Å². The molecular weight excluding hydrogens is 1750 g/mol. The van der Waals surface area contributed by atoms with Crippen LogP contribution < -0.4 is 22.8 Å². The number of hydrogen-bond acceptors (Lipinski definition) is 0. The Morgan fingerprint density at radius 1 is 0.194 bits per heavy atom. The molecule has 0 aliphatic rings. The molecule has 0 bridgehead atoms. The Morgan fingerprint density at radius 2 is 0.479 bits per heavy atom. The van der Waals surface area contributed by atoms with E-state index in [1.54, 1.807) is 0 Å². The van der Waals surface area contributed by atoms with Gasteiger partial charge in [0.25, 0.3) is 0 Å². The fourth-order valence-corrected chi connectivity index (χ4v) is 21.5. The molecule has 0 aliphatic heterocycles. The zero-order chi connectivity index (χ0) is 104. The van der Waals surface area contributed by atoms with Gasteiger partial charge in [0.05, 0.1) is 22.7 Å². The lowest BCUT2D eigenvalue weighted by Gasteiger charge is -2.24. The summed E-state index contributed by atoms with van der Waals surface area (Å²) in [6.07, 6.45) is 15.6. The van der Waals surface area contributed by atoms with Crippen LogP contribution in [-0.2, 0) is 35.2 Å². The van der Waals surface area contributed by atoms with Gasteiger partial charge in [-0.3, -0.25) is 0 Å². The number of aryl methyl sites for hydroxylation is 26. The van der Waals surface area contributed by atoms with E-state index >= 15 is 0 Å². The molecule has 0 aliphatic carbocycles. The van der Waals surface area contributed by atoms with Crippen molar-refractivity contribution in [3.8, 4) is 119 Å². The van der Waals surface area contributed by atoms with Gasteiger partial charge in [-0.2, -0.15) is 22.8 Å². The van der Waals surface area contributed by atoms with E-state index in [1.807, 2.05) is 0 Å². The van der Waals surface area contributed by atoms with Gasteiger partial charge in [0.2, 0.25) is 28.5 Å². The highest BCUT2D eigenvalue weighted by Gasteiger charge is 2.32. The molecule has 0 radical (unpaired) electrons. The van der Waals surface area contributed by atoms with Gasteiger partial charge < -0.3 is 22.8 Å². The van der Waals surface area contributed by atoms with E-state index in [1.165, 1.54) is 264 Å². The van der Waals surface area contributed by atoms with E-state index in [0.29, 0.717) is 29.6 Å². The molecule has 10 heterocycles. The molecule has 18 rings (SSSR count). The molecule has 18 aromatic rings. The van der Waals surface area contributed by atoms with Gasteiger partial charge in [0.15, 0.2) is 31.0 Å². The summed E-state index contributed by atoms with van der Waals surface area (Å²) in [5.41, 5.74) is 61.1. The van der Waals surface area contributed by atoms with Crippen molar-refractivity contribution in [1.82, 2.24) is 22.8 Å². The Labute approximate surface area is 863 Å². The predicted molar refractivity (Wildman–Crippen MR) is 608 cm³/mol. The second kappa shape index (κ2) is 44.4. The number of pyridine rings is 5. The largest absolute Gasteiger partial charge is 0.311 e. The van der Waals surface area contributed by atoms with Crippen LogP contribution in [-0.4, -0.2) is 22.8 Å². The molecule has 10 nitrogen and oxygen atoms in total. The standard InChI is InChI=1S/C31H29N2.C31H37N2.C26H35N2.2C23H29N2/c1-22-18-19-33(30(22)29-20-23(2)24(3)21-32(29)4)31-27(25-12-7-5-8-13-25)16-11-17-28(31)26-14-9-6-10-15-26;1-20(2)27-17-26(25-12-10-9-11-13-25)18-28(21(3)4)31(27)33-15-14-22(5)30(33)29-16-23(6)24(7)19-32(29)8;1-16(2)22-11-10-12-23(17(3)4)26(22)28-21(8)13-19(6)25(28)24-14-18(5)20(7)15-27(24)9;1-14-9-16(3)22(17(4)10-14)25-20(7)11-18(5)23(25)21-12-15(2)19(6)13-24(21)8;1-15(2)20-10-8-9-11-21(20)25-19(6)12-17(4)23(25)22-13-16(3)18(5)14-24(22)7/h5-21H,1-4H3;9-21H,1-8H3;10-17H,1-9H3;9-13H,1-8H3;8-15H,1-7H3/q5*+1. The SMILES string of the molecule is Cc1cc(-c2c(C)cc(C)n2-c2c(C(C)C)cccc2C(C)C)[n+](C)cc1C.Cc1cc(-c2c(C)cc(C)n2-c2ccccc2C(C)C)[n+](C)cc1C.Cc1cc(-c2c(C)ccn2-c2c(-c3ccccc3)cccc2-c2ccccc2)[n+](C)cc1C.Cc1cc(-c2c(C)ccn2-c2c(C(C)C)cc(-c3ccccc3)cc2C(C)C)[n+](C)cc1C.Cc1cc(C)c(-n2c(C)cc(C)c2-c2cc(C)c(C)c[n+]2C)c(C)c1. The molecule has 0 fully saturated rings. The van der Waals surface area contributed by atoms with Crippen molar-refractivity contribution >= 4 is 0 Å². The highest BCUT2D eigenvalue weighted by molar-refractivity contribution is 5.87. The summed E-state index contributed by atoms with van der Waals surface area (Å²) in [6, 6.07) is 86.7. The summed E-state index contributed by atoms with van der Waals surface area (Å²) < 4.78 is 23.5. The van der Waals surface area contributed by atoms with Crippen molar-refractivity contribution in [2.24, 2.45) is 35.2 Å². The number of aromatic nitrogens is 10. The minimum absolute atomic E-state index is 0.408. The van der Waals surface area contributed by atoms with Crippen LogP contribution in [0, 0.1) is 145 Å². The molecule has 0 saturated heterocycles. The Bertz CT molecular complexity index is 7610. The maximum atomic E-state index is 2.50. The maximum Gasteiger partial charge on any atom is 0.229 e. The quantitative estimate of drug-likeness (QED) is 0.0769. The van der Waals surface area contributed by atoms with E-state index in [0.717, 1.165) is 0 Å². The molecular formula is C134H159N10+5. The van der Waals surface area contributed by atoms with Crippen LogP contribution in [0.1, 0.15) is 244 Å². The zero-order valence-electron chi connectivity index (χ0n) is 93.4. The van der Waals surface area contributed by atoms with Crippen LogP contribution >= 0.6 is 0 Å². The third kappa shape index (κ3) is 21.9. The monoisotopic (exact) mass is 1910 g/mol. The summed E-state index contributed by atoms with van der Waals surface area (Å²) in [4.78, 5) is 0. The molecule has 0 spiro atoms. The number of benzene rings is 8. The Hall–Kier alpha value is -14.1. The summed E-state index contributed by atoms with van der Waals surface area (Å²) in [5.74, 6) is 2.24. The zero-order valence-corrected chi connectivity index (χ0v) is 93.4. The lowest BCUT2D eigenvalue weighted by Crippen LogP contribution is -2.32. The molecule has 144 heavy (non-hydrogen) atoms. The highest BCUT2D eigenvalue weighted by atomic mass is 15.1. The normalized spacial score (nSPS) is 11.4. The average Bonchev–Trinajstić information content (AvgIpc) is 1.50. The third-order valence-electron chi connectivity index (χ3n) is 29.7. The van der Waals surface area contributed by atoms with Crippen LogP contribution in [0.25, 0.3) is 119 Å². The van der Waals surface area contributed by atoms with Gasteiger partial charge in [-0.25, -0.2) is 0 Å². The fourth-order valence-electron chi connectivity index (χ4n) is 21.5. The second-order valence-electron chi connectivity index (χ2n) is 42.7. The first-order valence-electron chi connectivity index (χ1n) is 51.9. The minimum atomic E-state index is 0.408. The second-order valence-corrected chi connectivity index (χ2v) is 42.7. The van der Waals surface area contributed by atoms with E-state index in [4.69, 9.17) is 0 Å². The number of para-hydroxylation sites is 3. The van der Waals surface area contributed by atoms with Crippen LogP contribution in [0.15, 0.2) is 280 Å². The molecule has 0 saturated carbocycles. The number of rotatable bonds is 18. The molecule has 10 aromatic heterocycles. The molecule has 0 unspecified atom stereocenters.